The average Bonchev–Trinajstić information content (AvgIpc) is 3.19. The van der Waals surface area contributed by atoms with Crippen molar-refractivity contribution in [2.45, 2.75) is 37.5 Å². The highest BCUT2D eigenvalue weighted by Gasteiger charge is 2.72. The van der Waals surface area contributed by atoms with E-state index < -0.39 is 0 Å². The third-order valence-electron chi connectivity index (χ3n) is 10.0. The van der Waals surface area contributed by atoms with E-state index in [1.807, 2.05) is 0 Å². The van der Waals surface area contributed by atoms with Crippen LogP contribution in [0.2, 0.25) is 0 Å². The number of nitrogens with zero attached hydrogens (tertiary/aromatic N) is 1. The summed E-state index contributed by atoms with van der Waals surface area (Å²) in [6.45, 7) is 0. The number of rotatable bonds is 0. The van der Waals surface area contributed by atoms with Crippen LogP contribution < -0.4 is 0 Å². The Labute approximate surface area is 181 Å². The molecule has 5 unspecified atom stereocenters. The predicted molar refractivity (Wildman–Crippen MR) is 128 cm³/mol. The molecule has 1 spiro atoms. The molecule has 1 nitrogen and oxygen atoms in total. The number of hydrogen-bond donors (Lipinski definition) is 0. The van der Waals surface area contributed by atoms with Gasteiger partial charge in [0.05, 0.1) is 5.52 Å². The molecule has 31 heavy (non-hydrogen) atoms. The van der Waals surface area contributed by atoms with E-state index in [2.05, 4.69) is 66.9 Å². The average molecular weight is 398 g/mol. The Hall–Kier alpha value is -2.93. The lowest BCUT2D eigenvalue weighted by Crippen LogP contribution is -2.59. The third kappa shape index (κ3) is 1.60. The lowest BCUT2D eigenvalue weighted by molar-refractivity contribution is -0.146. The molecule has 4 aromatic carbocycles. The molecule has 1 aromatic heterocycles. The maximum atomic E-state index is 5.08. The van der Waals surface area contributed by atoms with E-state index in [0.717, 1.165) is 23.7 Å². The minimum absolute atomic E-state index is 0.687. The van der Waals surface area contributed by atoms with Gasteiger partial charge in [-0.15, -0.1) is 0 Å². The zero-order chi connectivity index (χ0) is 19.9. The SMILES string of the molecule is c1ccc2c(c1)c1ccccc1c1cc3c4c(cnc3cc21)C1CC2CC3CC4CC321. The van der Waals surface area contributed by atoms with E-state index >= 15 is 0 Å². The summed E-state index contributed by atoms with van der Waals surface area (Å²) in [4.78, 5) is 5.08. The van der Waals surface area contributed by atoms with Crippen LogP contribution >= 0.6 is 0 Å². The van der Waals surface area contributed by atoms with Crippen molar-refractivity contribution in [3.05, 3.63) is 78.0 Å². The van der Waals surface area contributed by atoms with Crippen LogP contribution in [0, 0.1) is 17.3 Å². The molecule has 0 aliphatic heterocycles. The van der Waals surface area contributed by atoms with Crippen LogP contribution in [-0.2, 0) is 0 Å². The van der Waals surface area contributed by atoms with Gasteiger partial charge in [-0.3, -0.25) is 4.98 Å². The summed E-state index contributed by atoms with van der Waals surface area (Å²) < 4.78 is 0. The number of pyridine rings is 1. The van der Waals surface area contributed by atoms with Gasteiger partial charge >= 0.3 is 0 Å². The fraction of sp³-hybridized carbons (Fsp3) is 0.300. The van der Waals surface area contributed by atoms with Gasteiger partial charge in [0.25, 0.3) is 0 Å². The van der Waals surface area contributed by atoms with E-state index in [1.165, 1.54) is 68.9 Å². The van der Waals surface area contributed by atoms with E-state index in [0.29, 0.717) is 5.41 Å². The molecule has 4 aliphatic rings. The maximum absolute atomic E-state index is 5.08. The molecular weight excluding hydrogens is 374 g/mol. The summed E-state index contributed by atoms with van der Waals surface area (Å²) in [5.74, 6) is 3.58. The summed E-state index contributed by atoms with van der Waals surface area (Å²) in [5, 5.41) is 9.60. The van der Waals surface area contributed by atoms with E-state index in [4.69, 9.17) is 4.98 Å². The predicted octanol–water partition coefficient (Wildman–Crippen LogP) is 7.70. The Balaban J connectivity index is 1.44. The second-order valence-corrected chi connectivity index (χ2v) is 10.8. The second kappa shape index (κ2) is 4.93. The maximum Gasteiger partial charge on any atom is 0.0711 e. The number of aromatic nitrogens is 1. The van der Waals surface area contributed by atoms with Gasteiger partial charge in [0.1, 0.15) is 0 Å². The Morgan fingerprint density at radius 2 is 1.32 bits per heavy atom. The van der Waals surface area contributed by atoms with Crippen molar-refractivity contribution in [3.63, 3.8) is 0 Å². The molecule has 148 valence electrons. The van der Waals surface area contributed by atoms with Crippen molar-refractivity contribution < 1.29 is 0 Å². The number of hydrogen-bond acceptors (Lipinski definition) is 1. The second-order valence-electron chi connectivity index (χ2n) is 10.8. The molecule has 1 heterocycles. The van der Waals surface area contributed by atoms with Crippen LogP contribution in [0.4, 0.5) is 0 Å². The first-order valence-corrected chi connectivity index (χ1v) is 12.0. The molecule has 0 amide bonds. The largest absolute Gasteiger partial charge is 0.256 e. The normalized spacial score (nSPS) is 32.1. The molecule has 5 atom stereocenters. The van der Waals surface area contributed by atoms with Gasteiger partial charge in [-0.2, -0.15) is 0 Å². The highest BCUT2D eigenvalue weighted by atomic mass is 14.8. The van der Waals surface area contributed by atoms with Crippen molar-refractivity contribution in [3.8, 4) is 0 Å². The van der Waals surface area contributed by atoms with Crippen LogP contribution in [0.3, 0.4) is 0 Å². The van der Waals surface area contributed by atoms with Crippen LogP contribution in [0.5, 0.6) is 0 Å². The zero-order valence-corrected chi connectivity index (χ0v) is 17.4. The molecule has 0 radical (unpaired) electrons. The first-order chi connectivity index (χ1) is 15.3. The van der Waals surface area contributed by atoms with E-state index in [1.54, 1.807) is 11.1 Å². The van der Waals surface area contributed by atoms with Crippen LogP contribution in [0.1, 0.15) is 48.6 Å². The van der Waals surface area contributed by atoms with Gasteiger partial charge in [-0.05, 0) is 110 Å². The van der Waals surface area contributed by atoms with Crippen molar-refractivity contribution in [1.29, 1.82) is 0 Å². The quantitative estimate of drug-likeness (QED) is 0.193. The van der Waals surface area contributed by atoms with E-state index in [9.17, 15) is 0 Å². The molecule has 1 heteroatoms. The van der Waals surface area contributed by atoms with Gasteiger partial charge in [-0.25, -0.2) is 0 Å². The van der Waals surface area contributed by atoms with Gasteiger partial charge in [0.15, 0.2) is 0 Å². The molecule has 3 fully saturated rings. The summed E-state index contributed by atoms with van der Waals surface area (Å²) in [6, 6.07) is 22.7. The Morgan fingerprint density at radius 3 is 2.03 bits per heavy atom. The summed E-state index contributed by atoms with van der Waals surface area (Å²) >= 11 is 0. The highest BCUT2D eigenvalue weighted by molar-refractivity contribution is 6.27. The zero-order valence-electron chi connectivity index (χ0n) is 17.4. The monoisotopic (exact) mass is 397 g/mol. The number of fused-ring (bicyclic) bond motifs is 12. The Morgan fingerprint density at radius 1 is 0.677 bits per heavy atom. The van der Waals surface area contributed by atoms with Crippen molar-refractivity contribution >= 4 is 43.2 Å². The Bertz CT molecular complexity index is 1630. The van der Waals surface area contributed by atoms with Gasteiger partial charge in [0, 0.05) is 11.6 Å². The minimum atomic E-state index is 0.687. The minimum Gasteiger partial charge on any atom is -0.256 e. The summed E-state index contributed by atoms with van der Waals surface area (Å²) in [5.41, 5.74) is 5.17. The van der Waals surface area contributed by atoms with Gasteiger partial charge in [0.2, 0.25) is 0 Å². The van der Waals surface area contributed by atoms with E-state index in [-0.39, 0.29) is 0 Å². The molecule has 9 rings (SSSR count). The molecule has 5 aromatic rings. The smallest absolute Gasteiger partial charge is 0.0711 e. The first-order valence-electron chi connectivity index (χ1n) is 12.0. The van der Waals surface area contributed by atoms with Crippen LogP contribution in [-0.4, -0.2) is 4.98 Å². The van der Waals surface area contributed by atoms with Gasteiger partial charge < -0.3 is 0 Å². The standard InChI is InChI=1S/C30H23N/c1-3-7-21-19(5-1)20-6-2-4-8-22(20)24-13-28-25(12-23(21)24)29-16-9-17-10-18-11-27(26(29)15-31-28)30(17,18)14-16/h1-8,12-13,15-18,27H,9-11,14H2. The lowest BCUT2D eigenvalue weighted by Gasteiger charge is -2.68. The lowest BCUT2D eigenvalue weighted by atomic mass is 9.36. The molecular formula is C30H23N. The third-order valence-corrected chi connectivity index (χ3v) is 10.0. The molecule has 0 saturated heterocycles. The van der Waals surface area contributed by atoms with Crippen molar-refractivity contribution in [1.82, 2.24) is 4.98 Å². The van der Waals surface area contributed by atoms with Gasteiger partial charge in [-0.1, -0.05) is 48.5 Å². The fourth-order valence-corrected chi connectivity index (χ4v) is 8.82. The topological polar surface area (TPSA) is 12.9 Å². The highest BCUT2D eigenvalue weighted by Crippen LogP contribution is 2.82. The van der Waals surface area contributed by atoms with Crippen molar-refractivity contribution in [2.75, 3.05) is 0 Å². The Kier molecular flexibility index (Phi) is 2.52. The first kappa shape index (κ1) is 15.8. The fourth-order valence-electron chi connectivity index (χ4n) is 8.82. The molecule has 4 aliphatic carbocycles. The molecule has 0 N–H and O–H groups in total. The molecule has 3 saturated carbocycles. The van der Waals surface area contributed by atoms with Crippen LogP contribution in [0.25, 0.3) is 43.2 Å². The number of benzene rings is 4. The summed E-state index contributed by atoms with van der Waals surface area (Å²) in [6.07, 6.45) is 8.09. The summed E-state index contributed by atoms with van der Waals surface area (Å²) in [7, 11) is 0. The molecule has 2 bridgehead atoms. The van der Waals surface area contributed by atoms with Crippen molar-refractivity contribution in [2.24, 2.45) is 17.3 Å². The van der Waals surface area contributed by atoms with Crippen LogP contribution in [0.15, 0.2) is 66.9 Å².